The lowest BCUT2D eigenvalue weighted by Gasteiger charge is -2.39. The molecule has 2 aliphatic rings. The summed E-state index contributed by atoms with van der Waals surface area (Å²) in [6, 6.07) is 0.403. The lowest BCUT2D eigenvalue weighted by Crippen LogP contribution is -2.51. The highest BCUT2D eigenvalue weighted by molar-refractivity contribution is 4.86. The zero-order chi connectivity index (χ0) is 9.97. The van der Waals surface area contributed by atoms with Crippen molar-refractivity contribution >= 4 is 0 Å². The van der Waals surface area contributed by atoms with Gasteiger partial charge in [-0.3, -0.25) is 4.90 Å². The fraction of sp³-hybridized carbons (Fsp3) is 1.00. The standard InChI is InChI=1S/C10H19FN2O/c11-9-7-14-6-3-10(9)13-4-1-8(12)2-5-13/h8-10H,1-7,12H2/t9-,10-/m1/s1. The fourth-order valence-corrected chi connectivity index (χ4v) is 2.35. The van der Waals surface area contributed by atoms with E-state index in [2.05, 4.69) is 4.90 Å². The first kappa shape index (κ1) is 10.3. The van der Waals surface area contributed by atoms with Crippen LogP contribution in [0, 0.1) is 0 Å². The van der Waals surface area contributed by atoms with Gasteiger partial charge in [0, 0.05) is 31.8 Å². The Morgan fingerprint density at radius 3 is 2.57 bits per heavy atom. The molecule has 0 unspecified atom stereocenters. The quantitative estimate of drug-likeness (QED) is 0.674. The van der Waals surface area contributed by atoms with E-state index in [4.69, 9.17) is 10.5 Å². The van der Waals surface area contributed by atoms with Gasteiger partial charge in [0.2, 0.25) is 0 Å². The number of nitrogens with zero attached hydrogens (tertiary/aromatic N) is 1. The topological polar surface area (TPSA) is 38.5 Å². The first-order valence-electron chi connectivity index (χ1n) is 5.49. The molecular formula is C10H19FN2O. The number of nitrogens with two attached hydrogens (primary N) is 1. The summed E-state index contributed by atoms with van der Waals surface area (Å²) in [4.78, 5) is 2.25. The van der Waals surface area contributed by atoms with Crippen molar-refractivity contribution in [1.82, 2.24) is 4.90 Å². The smallest absolute Gasteiger partial charge is 0.139 e. The Bertz CT molecular complexity index is 183. The van der Waals surface area contributed by atoms with E-state index in [-0.39, 0.29) is 12.6 Å². The summed E-state index contributed by atoms with van der Waals surface area (Å²) >= 11 is 0. The third-order valence-electron chi connectivity index (χ3n) is 3.30. The van der Waals surface area contributed by atoms with Crippen LogP contribution in [-0.4, -0.2) is 49.5 Å². The molecule has 2 rings (SSSR count). The summed E-state index contributed by atoms with van der Waals surface area (Å²) in [5.41, 5.74) is 5.82. The maximum atomic E-state index is 13.5. The van der Waals surface area contributed by atoms with Crippen LogP contribution in [0.5, 0.6) is 0 Å². The van der Waals surface area contributed by atoms with Crippen LogP contribution in [-0.2, 0) is 4.74 Å². The van der Waals surface area contributed by atoms with E-state index in [1.807, 2.05) is 0 Å². The van der Waals surface area contributed by atoms with Crippen LogP contribution in [0.2, 0.25) is 0 Å². The van der Waals surface area contributed by atoms with Crippen molar-refractivity contribution < 1.29 is 9.13 Å². The van der Waals surface area contributed by atoms with Gasteiger partial charge in [0.25, 0.3) is 0 Å². The third kappa shape index (κ3) is 2.24. The van der Waals surface area contributed by atoms with Crippen molar-refractivity contribution in [2.75, 3.05) is 26.3 Å². The fourth-order valence-electron chi connectivity index (χ4n) is 2.35. The normalized spacial score (nSPS) is 37.3. The van der Waals surface area contributed by atoms with E-state index in [1.54, 1.807) is 0 Å². The van der Waals surface area contributed by atoms with Gasteiger partial charge in [-0.05, 0) is 19.3 Å². The van der Waals surface area contributed by atoms with E-state index in [1.165, 1.54) is 0 Å². The lowest BCUT2D eigenvalue weighted by atomic mass is 9.99. The first-order valence-corrected chi connectivity index (χ1v) is 5.49. The first-order chi connectivity index (χ1) is 6.77. The molecule has 2 aliphatic heterocycles. The molecule has 3 nitrogen and oxygen atoms in total. The van der Waals surface area contributed by atoms with Crippen molar-refractivity contribution in [3.63, 3.8) is 0 Å². The van der Waals surface area contributed by atoms with E-state index in [9.17, 15) is 4.39 Å². The lowest BCUT2D eigenvalue weighted by molar-refractivity contribution is -0.0336. The van der Waals surface area contributed by atoms with E-state index >= 15 is 0 Å². The van der Waals surface area contributed by atoms with Crippen molar-refractivity contribution in [2.24, 2.45) is 5.73 Å². The van der Waals surface area contributed by atoms with Gasteiger partial charge in [-0.15, -0.1) is 0 Å². The zero-order valence-corrected chi connectivity index (χ0v) is 8.49. The minimum Gasteiger partial charge on any atom is -0.378 e. The Balaban J connectivity index is 1.87. The van der Waals surface area contributed by atoms with Crippen molar-refractivity contribution in [1.29, 1.82) is 0 Å². The maximum absolute atomic E-state index is 13.5. The molecule has 0 spiro atoms. The van der Waals surface area contributed by atoms with Crippen LogP contribution < -0.4 is 5.73 Å². The predicted molar refractivity (Wildman–Crippen MR) is 52.9 cm³/mol. The molecule has 0 aliphatic carbocycles. The van der Waals surface area contributed by atoms with Gasteiger partial charge < -0.3 is 10.5 Å². The maximum Gasteiger partial charge on any atom is 0.139 e. The molecule has 2 heterocycles. The molecule has 82 valence electrons. The van der Waals surface area contributed by atoms with Gasteiger partial charge in [-0.25, -0.2) is 4.39 Å². The van der Waals surface area contributed by atoms with Crippen molar-refractivity contribution in [3.8, 4) is 0 Å². The largest absolute Gasteiger partial charge is 0.378 e. The van der Waals surface area contributed by atoms with Crippen LogP contribution in [0.1, 0.15) is 19.3 Å². The Morgan fingerprint density at radius 2 is 1.93 bits per heavy atom. The van der Waals surface area contributed by atoms with Crippen LogP contribution in [0.25, 0.3) is 0 Å². The Hall–Kier alpha value is -0.190. The summed E-state index contributed by atoms with van der Waals surface area (Å²) in [6.07, 6.45) is 2.03. The predicted octanol–water partition coefficient (Wildman–Crippen LogP) is 0.536. The monoisotopic (exact) mass is 202 g/mol. The van der Waals surface area contributed by atoms with Crippen LogP contribution in [0.4, 0.5) is 4.39 Å². The summed E-state index contributed by atoms with van der Waals surface area (Å²) < 4.78 is 18.6. The Labute approximate surface area is 84.4 Å². The molecule has 0 amide bonds. The molecule has 2 saturated heterocycles. The molecule has 2 N–H and O–H groups in total. The molecule has 2 fully saturated rings. The second-order valence-corrected chi connectivity index (χ2v) is 4.32. The van der Waals surface area contributed by atoms with E-state index < -0.39 is 6.17 Å². The van der Waals surface area contributed by atoms with Gasteiger partial charge in [-0.1, -0.05) is 0 Å². The number of rotatable bonds is 1. The van der Waals surface area contributed by atoms with Gasteiger partial charge >= 0.3 is 0 Å². The molecule has 0 saturated carbocycles. The van der Waals surface area contributed by atoms with Gasteiger partial charge in [0.05, 0.1) is 6.61 Å². The minimum atomic E-state index is -0.807. The number of likely N-dealkylation sites (tertiary alicyclic amines) is 1. The van der Waals surface area contributed by atoms with E-state index in [0.717, 1.165) is 32.4 Å². The second-order valence-electron chi connectivity index (χ2n) is 4.32. The van der Waals surface area contributed by atoms with Gasteiger partial charge in [-0.2, -0.15) is 0 Å². The van der Waals surface area contributed by atoms with Crippen LogP contribution in [0.3, 0.4) is 0 Å². The summed E-state index contributed by atoms with van der Waals surface area (Å²) in [6.45, 7) is 2.87. The van der Waals surface area contributed by atoms with Gasteiger partial charge in [0.1, 0.15) is 6.17 Å². The number of piperidine rings is 1. The van der Waals surface area contributed by atoms with E-state index in [0.29, 0.717) is 12.6 Å². The van der Waals surface area contributed by atoms with Crippen molar-refractivity contribution in [2.45, 2.75) is 37.5 Å². The minimum absolute atomic E-state index is 0.0799. The van der Waals surface area contributed by atoms with Crippen molar-refractivity contribution in [3.05, 3.63) is 0 Å². The molecule has 0 aromatic carbocycles. The highest BCUT2D eigenvalue weighted by atomic mass is 19.1. The zero-order valence-electron chi connectivity index (χ0n) is 8.49. The van der Waals surface area contributed by atoms with Crippen LogP contribution >= 0.6 is 0 Å². The number of ether oxygens (including phenoxy) is 1. The highest BCUT2D eigenvalue weighted by Crippen LogP contribution is 2.21. The molecule has 0 aromatic heterocycles. The second kappa shape index (κ2) is 4.55. The Morgan fingerprint density at radius 1 is 1.21 bits per heavy atom. The highest BCUT2D eigenvalue weighted by Gasteiger charge is 2.32. The molecule has 4 heteroatoms. The number of halogens is 1. The SMILES string of the molecule is NC1CCN([C@@H]2CCOC[C@H]2F)CC1. The van der Waals surface area contributed by atoms with Gasteiger partial charge in [0.15, 0.2) is 0 Å². The molecule has 14 heavy (non-hydrogen) atoms. The Kier molecular flexibility index (Phi) is 3.36. The molecular weight excluding hydrogens is 183 g/mol. The third-order valence-corrected chi connectivity index (χ3v) is 3.30. The average molecular weight is 202 g/mol. The summed E-state index contributed by atoms with van der Waals surface area (Å²) in [7, 11) is 0. The number of hydrogen-bond acceptors (Lipinski definition) is 3. The summed E-state index contributed by atoms with van der Waals surface area (Å²) in [5, 5.41) is 0. The molecule has 0 aromatic rings. The molecule has 2 atom stereocenters. The average Bonchev–Trinajstić information content (AvgIpc) is 2.20. The van der Waals surface area contributed by atoms with Crippen LogP contribution in [0.15, 0.2) is 0 Å². The molecule has 0 bridgehead atoms. The number of alkyl halides is 1. The number of hydrogen-bond donors (Lipinski definition) is 1. The molecule has 0 radical (unpaired) electrons. The summed E-state index contributed by atoms with van der Waals surface area (Å²) in [5.74, 6) is 0.